The summed E-state index contributed by atoms with van der Waals surface area (Å²) in [5.74, 6) is 0.387. The average molecular weight is 278 g/mol. The summed E-state index contributed by atoms with van der Waals surface area (Å²) in [4.78, 5) is 11.5. The summed E-state index contributed by atoms with van der Waals surface area (Å²) in [5, 5.41) is 0. The van der Waals surface area contributed by atoms with Gasteiger partial charge < -0.3 is 4.74 Å². The lowest BCUT2D eigenvalue weighted by Crippen LogP contribution is -2.24. The highest BCUT2D eigenvalue weighted by Gasteiger charge is 2.27. The highest BCUT2D eigenvalue weighted by molar-refractivity contribution is 7.85. The largest absolute Gasteiger partial charge is 0.466 e. The minimum absolute atomic E-state index is 0.0250. The molecule has 0 N–H and O–H groups in total. The topological polar surface area (TPSA) is 69.7 Å². The Morgan fingerprint density at radius 3 is 2.33 bits per heavy atom. The van der Waals surface area contributed by atoms with E-state index in [1.807, 2.05) is 6.92 Å². The van der Waals surface area contributed by atoms with Crippen LogP contribution in [0.4, 0.5) is 0 Å². The van der Waals surface area contributed by atoms with Crippen molar-refractivity contribution in [2.45, 2.75) is 39.0 Å². The molecule has 1 fully saturated rings. The van der Waals surface area contributed by atoms with Gasteiger partial charge in [0.15, 0.2) is 0 Å². The van der Waals surface area contributed by atoms with E-state index in [2.05, 4.69) is 0 Å². The van der Waals surface area contributed by atoms with Gasteiger partial charge in [-0.15, -0.1) is 0 Å². The molecule has 1 rings (SSSR count). The predicted octanol–water partition coefficient (Wildman–Crippen LogP) is 1.72. The van der Waals surface area contributed by atoms with Crippen LogP contribution in [0, 0.1) is 11.8 Å². The summed E-state index contributed by atoms with van der Waals surface area (Å²) >= 11 is 0. The van der Waals surface area contributed by atoms with Crippen molar-refractivity contribution in [3.8, 4) is 0 Å². The van der Waals surface area contributed by atoms with Crippen molar-refractivity contribution in [2.24, 2.45) is 11.8 Å². The molecule has 0 saturated heterocycles. The predicted molar refractivity (Wildman–Crippen MR) is 67.5 cm³/mol. The zero-order valence-corrected chi connectivity index (χ0v) is 11.9. The summed E-state index contributed by atoms with van der Waals surface area (Å²) in [6, 6.07) is 0. The number of carbonyl (C=O) groups is 1. The van der Waals surface area contributed by atoms with Gasteiger partial charge in [0.2, 0.25) is 0 Å². The number of hydrogen-bond acceptors (Lipinski definition) is 5. The van der Waals surface area contributed by atoms with Crippen LogP contribution in [0.15, 0.2) is 0 Å². The fraction of sp³-hybridized carbons (Fsp3) is 0.917. The van der Waals surface area contributed by atoms with Gasteiger partial charge in [0.25, 0.3) is 10.1 Å². The van der Waals surface area contributed by atoms with Gasteiger partial charge in [0, 0.05) is 0 Å². The van der Waals surface area contributed by atoms with Crippen molar-refractivity contribution in [3.63, 3.8) is 0 Å². The number of rotatable bonds is 6. The van der Waals surface area contributed by atoms with Crippen molar-refractivity contribution in [1.29, 1.82) is 0 Å². The lowest BCUT2D eigenvalue weighted by molar-refractivity contribution is -0.149. The highest BCUT2D eigenvalue weighted by atomic mass is 32.2. The molecule has 0 amide bonds. The molecular weight excluding hydrogens is 256 g/mol. The van der Waals surface area contributed by atoms with E-state index in [-0.39, 0.29) is 18.5 Å². The molecule has 0 aromatic heterocycles. The van der Waals surface area contributed by atoms with Gasteiger partial charge in [-0.3, -0.25) is 8.98 Å². The maximum Gasteiger partial charge on any atom is 0.308 e. The molecule has 0 unspecified atom stereocenters. The fourth-order valence-electron chi connectivity index (χ4n) is 2.31. The highest BCUT2D eigenvalue weighted by Crippen LogP contribution is 2.31. The molecule has 0 aromatic carbocycles. The van der Waals surface area contributed by atoms with E-state index in [4.69, 9.17) is 8.92 Å². The Morgan fingerprint density at radius 2 is 1.83 bits per heavy atom. The van der Waals surface area contributed by atoms with Crippen LogP contribution in [0.2, 0.25) is 0 Å². The minimum atomic E-state index is -3.33. The lowest BCUT2D eigenvalue weighted by atomic mass is 9.81. The second-order valence-electron chi connectivity index (χ2n) is 4.78. The van der Waals surface area contributed by atoms with Crippen LogP contribution < -0.4 is 0 Å². The molecule has 1 aliphatic carbocycles. The minimum Gasteiger partial charge on any atom is -0.466 e. The Bertz CT molecular complexity index is 355. The molecule has 0 spiro atoms. The number of hydrogen-bond donors (Lipinski definition) is 0. The number of ether oxygens (including phenoxy) is 1. The third kappa shape index (κ3) is 5.82. The molecule has 0 radical (unpaired) electrons. The Hall–Kier alpha value is -0.620. The van der Waals surface area contributed by atoms with E-state index in [0.29, 0.717) is 12.5 Å². The van der Waals surface area contributed by atoms with Crippen molar-refractivity contribution in [2.75, 3.05) is 19.5 Å². The van der Waals surface area contributed by atoms with Crippen molar-refractivity contribution in [3.05, 3.63) is 0 Å². The summed E-state index contributed by atoms with van der Waals surface area (Å²) < 4.78 is 31.3. The van der Waals surface area contributed by atoms with E-state index >= 15 is 0 Å². The van der Waals surface area contributed by atoms with Crippen LogP contribution in [0.3, 0.4) is 0 Å². The van der Waals surface area contributed by atoms with Crippen molar-refractivity contribution < 1.29 is 22.1 Å². The maximum absolute atomic E-state index is 11.5. The molecule has 0 heterocycles. The molecule has 0 atom stereocenters. The van der Waals surface area contributed by atoms with E-state index in [1.54, 1.807) is 0 Å². The fourth-order valence-corrected chi connectivity index (χ4v) is 2.71. The zero-order chi connectivity index (χ0) is 13.6. The van der Waals surface area contributed by atoms with Gasteiger partial charge in [-0.25, -0.2) is 0 Å². The second-order valence-corrected chi connectivity index (χ2v) is 6.43. The molecular formula is C12H22O5S. The average Bonchev–Trinajstić information content (AvgIpc) is 2.28. The van der Waals surface area contributed by atoms with Crippen LogP contribution in [-0.4, -0.2) is 33.9 Å². The third-order valence-corrected chi connectivity index (χ3v) is 3.89. The molecule has 0 bridgehead atoms. The maximum atomic E-state index is 11.5. The van der Waals surface area contributed by atoms with Gasteiger partial charge in [-0.2, -0.15) is 8.42 Å². The molecule has 0 aliphatic heterocycles. The van der Waals surface area contributed by atoms with E-state index in [0.717, 1.165) is 38.4 Å². The molecule has 1 saturated carbocycles. The van der Waals surface area contributed by atoms with Gasteiger partial charge in [0.1, 0.15) is 0 Å². The van der Waals surface area contributed by atoms with E-state index in [1.165, 1.54) is 0 Å². The monoisotopic (exact) mass is 278 g/mol. The molecule has 18 heavy (non-hydrogen) atoms. The molecule has 1 aliphatic rings. The summed E-state index contributed by atoms with van der Waals surface area (Å²) in [7, 11) is -3.33. The second kappa shape index (κ2) is 7.09. The first-order valence-electron chi connectivity index (χ1n) is 6.43. The van der Waals surface area contributed by atoms with Gasteiger partial charge in [-0.1, -0.05) is 0 Å². The van der Waals surface area contributed by atoms with E-state index < -0.39 is 10.1 Å². The lowest BCUT2D eigenvalue weighted by Gasteiger charge is -2.26. The standard InChI is InChI=1S/C12H22O5S/c1-3-16-12(13)11-6-4-10(5-7-11)8-9-17-18(2,14)15/h10-11H,3-9H2,1-2H3. The SMILES string of the molecule is CCOC(=O)C1CCC(CCOS(C)(=O)=O)CC1. The van der Waals surface area contributed by atoms with Gasteiger partial charge >= 0.3 is 5.97 Å². The van der Waals surface area contributed by atoms with Crippen LogP contribution in [0.1, 0.15) is 39.0 Å². The van der Waals surface area contributed by atoms with Crippen LogP contribution in [0.25, 0.3) is 0 Å². The molecule has 106 valence electrons. The van der Waals surface area contributed by atoms with Gasteiger partial charge in [-0.05, 0) is 44.9 Å². The summed E-state index contributed by atoms with van der Waals surface area (Å²) in [6.45, 7) is 2.49. The Balaban J connectivity index is 2.21. The van der Waals surface area contributed by atoms with Crippen LogP contribution in [0.5, 0.6) is 0 Å². The van der Waals surface area contributed by atoms with Crippen molar-refractivity contribution >= 4 is 16.1 Å². The zero-order valence-electron chi connectivity index (χ0n) is 11.1. The summed E-state index contributed by atoms with van der Waals surface area (Å²) in [5.41, 5.74) is 0. The summed E-state index contributed by atoms with van der Waals surface area (Å²) in [6.07, 6.45) is 5.35. The smallest absolute Gasteiger partial charge is 0.308 e. The molecule has 6 heteroatoms. The molecule has 5 nitrogen and oxygen atoms in total. The number of carbonyl (C=O) groups excluding carboxylic acids is 1. The first kappa shape index (κ1) is 15.4. The normalized spacial score (nSPS) is 24.8. The Morgan fingerprint density at radius 1 is 1.22 bits per heavy atom. The number of esters is 1. The first-order valence-corrected chi connectivity index (χ1v) is 8.25. The van der Waals surface area contributed by atoms with Crippen molar-refractivity contribution in [1.82, 2.24) is 0 Å². The molecule has 0 aromatic rings. The first-order chi connectivity index (χ1) is 8.42. The van der Waals surface area contributed by atoms with Crippen LogP contribution in [-0.2, 0) is 23.8 Å². The van der Waals surface area contributed by atoms with E-state index in [9.17, 15) is 13.2 Å². The van der Waals surface area contributed by atoms with Crippen LogP contribution >= 0.6 is 0 Å². The quantitative estimate of drug-likeness (QED) is 0.546. The van der Waals surface area contributed by atoms with Gasteiger partial charge in [0.05, 0.1) is 25.4 Å². The Labute approximate surface area is 109 Å². The third-order valence-electron chi connectivity index (χ3n) is 3.29. The Kier molecular flexibility index (Phi) is 6.08.